The second kappa shape index (κ2) is 7.96. The molecule has 1 saturated heterocycles. The number of Topliss-reactive ketones (excluding diaryl/α,β-unsaturated/α-hetero) is 1. The minimum atomic E-state index is -0.943. The van der Waals surface area contributed by atoms with Gasteiger partial charge in [-0.1, -0.05) is 23.7 Å². The molecular formula is C24H20ClNO5. The summed E-state index contributed by atoms with van der Waals surface area (Å²) < 4.78 is 10.7. The van der Waals surface area contributed by atoms with Gasteiger partial charge in [0.15, 0.2) is 0 Å². The molecule has 1 aliphatic rings. The van der Waals surface area contributed by atoms with Gasteiger partial charge in [0.1, 0.15) is 23.3 Å². The van der Waals surface area contributed by atoms with Gasteiger partial charge in [-0.05, 0) is 61.4 Å². The highest BCUT2D eigenvalue weighted by molar-refractivity contribution is 6.51. The number of carbonyl (C=O) groups is 2. The third kappa shape index (κ3) is 3.49. The van der Waals surface area contributed by atoms with Crippen molar-refractivity contribution < 1.29 is 23.8 Å². The molecule has 1 N–H and O–H groups in total. The maximum Gasteiger partial charge on any atom is 0.300 e. The summed E-state index contributed by atoms with van der Waals surface area (Å²) in [7, 11) is 1.49. The molecule has 2 heterocycles. The zero-order valence-corrected chi connectivity index (χ0v) is 17.9. The monoisotopic (exact) mass is 437 g/mol. The average Bonchev–Trinajstić information content (AvgIpc) is 3.36. The molecule has 31 heavy (non-hydrogen) atoms. The Morgan fingerprint density at radius 1 is 1.10 bits per heavy atom. The lowest BCUT2D eigenvalue weighted by molar-refractivity contribution is -0.132. The summed E-state index contributed by atoms with van der Waals surface area (Å²) in [6.45, 7) is 3.86. The molecule has 0 aliphatic carbocycles. The Morgan fingerprint density at radius 3 is 2.48 bits per heavy atom. The van der Waals surface area contributed by atoms with Gasteiger partial charge in [0.25, 0.3) is 11.7 Å². The topological polar surface area (TPSA) is 80.0 Å². The zero-order valence-electron chi connectivity index (χ0n) is 17.2. The number of anilines is 1. The van der Waals surface area contributed by atoms with Gasteiger partial charge in [-0.15, -0.1) is 0 Å². The number of carbonyl (C=O) groups excluding carboxylic acids is 2. The van der Waals surface area contributed by atoms with Crippen LogP contribution in [-0.2, 0) is 9.59 Å². The number of hydrogen-bond acceptors (Lipinski definition) is 5. The van der Waals surface area contributed by atoms with Crippen LogP contribution < -0.4 is 9.64 Å². The molecule has 1 atom stereocenters. The number of amides is 1. The van der Waals surface area contributed by atoms with Gasteiger partial charge in [0.2, 0.25) is 0 Å². The van der Waals surface area contributed by atoms with Crippen LogP contribution in [0.25, 0.3) is 5.76 Å². The quantitative estimate of drug-likeness (QED) is 0.345. The summed E-state index contributed by atoms with van der Waals surface area (Å²) >= 11 is 6.26. The molecule has 158 valence electrons. The van der Waals surface area contributed by atoms with Crippen molar-refractivity contribution in [3.63, 3.8) is 0 Å². The van der Waals surface area contributed by atoms with Gasteiger partial charge in [-0.3, -0.25) is 14.5 Å². The molecule has 1 aliphatic heterocycles. The van der Waals surface area contributed by atoms with Crippen LogP contribution in [0.3, 0.4) is 0 Å². The molecule has 1 amide bonds. The molecule has 0 radical (unpaired) electrons. The first kappa shape index (κ1) is 20.8. The van der Waals surface area contributed by atoms with Crippen molar-refractivity contribution in [1.82, 2.24) is 0 Å². The lowest BCUT2D eigenvalue weighted by atomic mass is 9.97. The Morgan fingerprint density at radius 2 is 1.87 bits per heavy atom. The van der Waals surface area contributed by atoms with Crippen molar-refractivity contribution in [2.24, 2.45) is 0 Å². The Hall–Kier alpha value is -3.51. The van der Waals surface area contributed by atoms with Gasteiger partial charge in [0.05, 0.1) is 24.0 Å². The second-order valence-electron chi connectivity index (χ2n) is 7.30. The molecule has 2 aromatic carbocycles. The first-order valence-corrected chi connectivity index (χ1v) is 9.97. The highest BCUT2D eigenvalue weighted by Crippen LogP contribution is 2.43. The summed E-state index contributed by atoms with van der Waals surface area (Å²) in [5.41, 5.74) is 2.79. The fourth-order valence-electron chi connectivity index (χ4n) is 3.66. The van der Waals surface area contributed by atoms with Crippen molar-refractivity contribution in [2.45, 2.75) is 19.9 Å². The standard InChI is InChI=1S/C24H20ClNO5/c1-13-6-7-15(11-14(13)2)22(27)20-21(19-5-4-10-31-19)26(24(29)23(20)28)16-8-9-18(30-3)17(25)12-16/h4-12,21,27H,1-3H3/b22-20-. The molecule has 0 bridgehead atoms. The molecule has 6 nitrogen and oxygen atoms in total. The predicted octanol–water partition coefficient (Wildman–Crippen LogP) is 5.18. The molecule has 4 rings (SSSR count). The summed E-state index contributed by atoms with van der Waals surface area (Å²) in [5.74, 6) is -1.06. The number of halogens is 1. The van der Waals surface area contributed by atoms with Gasteiger partial charge in [0, 0.05) is 11.3 Å². The van der Waals surface area contributed by atoms with Crippen LogP contribution in [0.15, 0.2) is 64.8 Å². The normalized spacial score (nSPS) is 17.9. The number of methoxy groups -OCH3 is 1. The van der Waals surface area contributed by atoms with Crippen LogP contribution in [0.4, 0.5) is 5.69 Å². The Bertz CT molecular complexity index is 1210. The molecule has 1 aromatic heterocycles. The van der Waals surface area contributed by atoms with Crippen LogP contribution in [0.2, 0.25) is 5.02 Å². The fourth-order valence-corrected chi connectivity index (χ4v) is 3.92. The van der Waals surface area contributed by atoms with E-state index in [1.54, 1.807) is 36.4 Å². The minimum absolute atomic E-state index is 0.0462. The highest BCUT2D eigenvalue weighted by Gasteiger charge is 2.48. The number of hydrogen-bond donors (Lipinski definition) is 1. The molecule has 0 saturated carbocycles. The van der Waals surface area contributed by atoms with Gasteiger partial charge < -0.3 is 14.3 Å². The van der Waals surface area contributed by atoms with E-state index in [4.69, 9.17) is 20.8 Å². The summed E-state index contributed by atoms with van der Waals surface area (Å²) in [5, 5.41) is 11.4. The molecule has 7 heteroatoms. The van der Waals surface area contributed by atoms with E-state index in [2.05, 4.69) is 0 Å². The minimum Gasteiger partial charge on any atom is -0.507 e. The maximum absolute atomic E-state index is 13.1. The molecule has 0 spiro atoms. The van der Waals surface area contributed by atoms with E-state index in [1.807, 2.05) is 19.9 Å². The zero-order chi connectivity index (χ0) is 22.3. The van der Waals surface area contributed by atoms with Crippen molar-refractivity contribution in [3.05, 3.63) is 87.8 Å². The van der Waals surface area contributed by atoms with Gasteiger partial charge in [-0.25, -0.2) is 0 Å². The Kier molecular flexibility index (Phi) is 5.33. The smallest absolute Gasteiger partial charge is 0.300 e. The lowest BCUT2D eigenvalue weighted by Gasteiger charge is -2.24. The van der Waals surface area contributed by atoms with Crippen molar-refractivity contribution >= 4 is 34.7 Å². The van der Waals surface area contributed by atoms with E-state index in [0.29, 0.717) is 22.8 Å². The van der Waals surface area contributed by atoms with Crippen molar-refractivity contribution in [2.75, 3.05) is 12.0 Å². The third-order valence-corrected chi connectivity index (χ3v) is 5.75. The van der Waals surface area contributed by atoms with Crippen molar-refractivity contribution in [3.8, 4) is 5.75 Å². The number of ether oxygens (including phenoxy) is 1. The molecule has 1 fully saturated rings. The molecule has 1 unspecified atom stereocenters. The Labute approximate surface area is 184 Å². The fraction of sp³-hybridized carbons (Fsp3) is 0.167. The van der Waals surface area contributed by atoms with Crippen LogP contribution in [0, 0.1) is 13.8 Å². The number of rotatable bonds is 4. The number of furan rings is 1. The molecule has 3 aromatic rings. The number of aliphatic hydroxyl groups is 1. The third-order valence-electron chi connectivity index (χ3n) is 5.45. The Balaban J connectivity index is 1.92. The lowest BCUT2D eigenvalue weighted by Crippen LogP contribution is -2.29. The van der Waals surface area contributed by atoms with Crippen molar-refractivity contribution in [1.29, 1.82) is 0 Å². The first-order chi connectivity index (χ1) is 14.8. The number of aliphatic hydroxyl groups excluding tert-OH is 1. The average molecular weight is 438 g/mol. The number of aryl methyl sites for hydroxylation is 2. The van der Waals surface area contributed by atoms with E-state index in [-0.39, 0.29) is 16.4 Å². The van der Waals surface area contributed by atoms with Crippen LogP contribution >= 0.6 is 11.6 Å². The van der Waals surface area contributed by atoms with Gasteiger partial charge >= 0.3 is 0 Å². The van der Waals surface area contributed by atoms with E-state index in [9.17, 15) is 14.7 Å². The highest BCUT2D eigenvalue weighted by atomic mass is 35.5. The van der Waals surface area contributed by atoms with E-state index >= 15 is 0 Å². The number of benzene rings is 2. The molecular weight excluding hydrogens is 418 g/mol. The largest absolute Gasteiger partial charge is 0.507 e. The van der Waals surface area contributed by atoms with Crippen LogP contribution in [0.1, 0.15) is 28.5 Å². The maximum atomic E-state index is 13.1. The van der Waals surface area contributed by atoms with Gasteiger partial charge in [-0.2, -0.15) is 0 Å². The number of nitrogens with zero attached hydrogens (tertiary/aromatic N) is 1. The number of ketones is 1. The van der Waals surface area contributed by atoms with Crippen LogP contribution in [0.5, 0.6) is 5.75 Å². The van der Waals surface area contributed by atoms with E-state index < -0.39 is 17.7 Å². The summed E-state index contributed by atoms with van der Waals surface area (Å²) in [6.07, 6.45) is 1.45. The SMILES string of the molecule is COc1ccc(N2C(=O)C(=O)/C(=C(\O)c3ccc(C)c(C)c3)C2c2ccco2)cc1Cl. The first-order valence-electron chi connectivity index (χ1n) is 9.59. The van der Waals surface area contributed by atoms with Crippen LogP contribution in [-0.4, -0.2) is 23.9 Å². The predicted molar refractivity (Wildman–Crippen MR) is 117 cm³/mol. The van der Waals surface area contributed by atoms with E-state index in [0.717, 1.165) is 11.1 Å². The van der Waals surface area contributed by atoms with E-state index in [1.165, 1.54) is 24.3 Å². The summed E-state index contributed by atoms with van der Waals surface area (Å²) in [6, 6.07) is 12.5. The second-order valence-corrected chi connectivity index (χ2v) is 7.71. The summed E-state index contributed by atoms with van der Waals surface area (Å²) in [4.78, 5) is 27.4.